The molecule has 1 saturated heterocycles. The minimum absolute atomic E-state index is 0.336. The van der Waals surface area contributed by atoms with Gasteiger partial charge in [0.25, 0.3) is 0 Å². The van der Waals surface area contributed by atoms with Gasteiger partial charge in [0, 0.05) is 6.20 Å². The van der Waals surface area contributed by atoms with Gasteiger partial charge >= 0.3 is 0 Å². The molecule has 6 rings (SSSR count). The Bertz CT molecular complexity index is 1570. The van der Waals surface area contributed by atoms with Crippen molar-refractivity contribution in [2.24, 2.45) is 0 Å². The summed E-state index contributed by atoms with van der Waals surface area (Å²) < 4.78 is 28.2. The lowest BCUT2D eigenvalue weighted by Gasteiger charge is -2.26. The molecule has 5 aromatic rings. The highest BCUT2D eigenvalue weighted by Crippen LogP contribution is 2.38. The molecule has 0 amide bonds. The molecule has 3 aromatic carbocycles. The Kier molecular flexibility index (Phi) is 9.12. The molecule has 1 fully saturated rings. The van der Waals surface area contributed by atoms with Crippen LogP contribution >= 0.6 is 11.8 Å². The molecule has 9 heteroatoms. The minimum atomic E-state index is -0.527. The van der Waals surface area contributed by atoms with Crippen LogP contribution in [-0.4, -0.2) is 45.7 Å². The number of rotatable bonds is 12. The maximum Gasteiger partial charge on any atom is 0.191 e. The molecule has 0 saturated carbocycles. The number of nitrogens with two attached hydrogens (primary N) is 1. The summed E-state index contributed by atoms with van der Waals surface area (Å²) in [5, 5.41) is 1.36. The number of anilines is 1. The number of nitrogen functional groups attached to an aromatic ring is 1. The Balaban J connectivity index is 1.32. The molecule has 0 aliphatic carbocycles. The Morgan fingerprint density at radius 1 is 0.762 bits per heavy atom. The molecule has 3 heterocycles. The summed E-state index contributed by atoms with van der Waals surface area (Å²) in [5.41, 5.74) is 10.2. The van der Waals surface area contributed by atoms with Gasteiger partial charge in [0.1, 0.15) is 29.8 Å². The van der Waals surface area contributed by atoms with Crippen molar-refractivity contribution in [1.29, 1.82) is 0 Å². The number of fused-ring (bicyclic) bond motifs is 1. The van der Waals surface area contributed by atoms with Gasteiger partial charge in [-0.1, -0.05) is 103 Å². The molecular weight excluding hydrogens is 548 g/mol. The van der Waals surface area contributed by atoms with Crippen LogP contribution in [0, 0.1) is 0 Å². The number of hydrogen-bond donors (Lipinski definition) is 1. The third kappa shape index (κ3) is 6.51. The number of ether oxygens (including phenoxy) is 4. The topological polar surface area (TPSA) is 93.7 Å². The van der Waals surface area contributed by atoms with Crippen molar-refractivity contribution in [3.8, 4) is 0 Å². The van der Waals surface area contributed by atoms with Crippen LogP contribution in [0.2, 0.25) is 0 Å². The van der Waals surface area contributed by atoms with Crippen LogP contribution in [0.25, 0.3) is 11.0 Å². The van der Waals surface area contributed by atoms with E-state index in [1.807, 2.05) is 89.8 Å². The molecule has 0 radical (unpaired) electrons. The first kappa shape index (κ1) is 28.4. The summed E-state index contributed by atoms with van der Waals surface area (Å²) in [6, 6.07) is 32.3. The average Bonchev–Trinajstić information content (AvgIpc) is 3.61. The largest absolute Gasteiger partial charge is 0.383 e. The van der Waals surface area contributed by atoms with Crippen molar-refractivity contribution >= 4 is 28.6 Å². The molecule has 216 valence electrons. The number of thioether (sulfide) groups is 1. The number of hydrogen-bond acceptors (Lipinski definition) is 8. The zero-order valence-electron chi connectivity index (χ0n) is 23.4. The van der Waals surface area contributed by atoms with Crippen LogP contribution in [0.1, 0.15) is 22.9 Å². The first-order valence-electron chi connectivity index (χ1n) is 14.0. The maximum atomic E-state index is 6.75. The Labute approximate surface area is 249 Å². The highest BCUT2D eigenvalue weighted by Gasteiger charge is 2.48. The van der Waals surface area contributed by atoms with E-state index in [0.29, 0.717) is 43.0 Å². The van der Waals surface area contributed by atoms with Crippen molar-refractivity contribution in [3.63, 3.8) is 0 Å². The van der Waals surface area contributed by atoms with Crippen LogP contribution in [0.15, 0.2) is 108 Å². The predicted octanol–water partition coefficient (Wildman–Crippen LogP) is 6.02. The van der Waals surface area contributed by atoms with E-state index in [1.165, 1.54) is 11.8 Å². The van der Waals surface area contributed by atoms with E-state index < -0.39 is 18.4 Å². The molecule has 2 aromatic heterocycles. The second-order valence-electron chi connectivity index (χ2n) is 10.1. The van der Waals surface area contributed by atoms with Crippen LogP contribution in [0.5, 0.6) is 0 Å². The lowest BCUT2D eigenvalue weighted by molar-refractivity contribution is -0.0913. The molecule has 4 atom stereocenters. The monoisotopic (exact) mass is 582 g/mol. The van der Waals surface area contributed by atoms with Gasteiger partial charge in [-0.15, -0.1) is 0 Å². The molecule has 1 aliphatic heterocycles. The summed E-state index contributed by atoms with van der Waals surface area (Å²) >= 11 is 1.44. The van der Waals surface area contributed by atoms with Gasteiger partial charge < -0.3 is 29.2 Å². The number of benzene rings is 3. The van der Waals surface area contributed by atoms with Gasteiger partial charge in [-0.2, -0.15) is 0 Å². The average molecular weight is 583 g/mol. The fourth-order valence-electron chi connectivity index (χ4n) is 5.18. The minimum Gasteiger partial charge on any atom is -0.383 e. The van der Waals surface area contributed by atoms with E-state index in [2.05, 4.69) is 29.2 Å². The fourth-order valence-corrected chi connectivity index (χ4v) is 5.55. The zero-order valence-corrected chi connectivity index (χ0v) is 24.2. The van der Waals surface area contributed by atoms with Crippen molar-refractivity contribution in [2.45, 2.75) is 49.5 Å². The van der Waals surface area contributed by atoms with Gasteiger partial charge in [-0.05, 0) is 29.0 Å². The summed E-state index contributed by atoms with van der Waals surface area (Å²) in [4.78, 5) is 9.20. The second kappa shape index (κ2) is 13.5. The lowest BCUT2D eigenvalue weighted by atomic mass is 10.1. The first-order valence-corrected chi connectivity index (χ1v) is 15.2. The SMILES string of the molecule is CSc1nc(N)c2ccn([C@H]3O[C@H](COCc4ccccc4)[C@@H](OCc4ccccc4)[C@@H]3OCc3ccccc3)c2n1. The third-order valence-electron chi connectivity index (χ3n) is 7.29. The Hall–Kier alpha value is -3.73. The van der Waals surface area contributed by atoms with Crippen LogP contribution < -0.4 is 5.73 Å². The highest BCUT2D eigenvalue weighted by atomic mass is 32.2. The van der Waals surface area contributed by atoms with Crippen LogP contribution in [0.3, 0.4) is 0 Å². The van der Waals surface area contributed by atoms with E-state index in [9.17, 15) is 0 Å². The van der Waals surface area contributed by atoms with Gasteiger partial charge in [-0.25, -0.2) is 9.97 Å². The van der Waals surface area contributed by atoms with Crippen molar-refractivity contribution < 1.29 is 18.9 Å². The number of nitrogens with zero attached hydrogens (tertiary/aromatic N) is 3. The second-order valence-corrected chi connectivity index (χ2v) is 10.9. The normalized spacial score (nSPS) is 20.3. The van der Waals surface area contributed by atoms with E-state index in [-0.39, 0.29) is 6.10 Å². The summed E-state index contributed by atoms with van der Waals surface area (Å²) in [6.07, 6.45) is 2.08. The summed E-state index contributed by atoms with van der Waals surface area (Å²) in [7, 11) is 0. The molecule has 1 aliphatic rings. The molecule has 42 heavy (non-hydrogen) atoms. The van der Waals surface area contributed by atoms with E-state index in [1.54, 1.807) is 0 Å². The predicted molar refractivity (Wildman–Crippen MR) is 164 cm³/mol. The molecule has 0 spiro atoms. The fraction of sp³-hybridized carbons (Fsp3) is 0.273. The molecular formula is C33H34N4O4S. The van der Waals surface area contributed by atoms with E-state index >= 15 is 0 Å². The van der Waals surface area contributed by atoms with Gasteiger partial charge in [-0.3, -0.25) is 0 Å². The van der Waals surface area contributed by atoms with Crippen molar-refractivity contribution in [3.05, 3.63) is 120 Å². The molecule has 0 unspecified atom stereocenters. The maximum absolute atomic E-state index is 6.75. The highest BCUT2D eigenvalue weighted by molar-refractivity contribution is 7.98. The van der Waals surface area contributed by atoms with Gasteiger partial charge in [0.2, 0.25) is 0 Å². The standard InChI is InChI=1S/C33H34N4O4S/c1-42-33-35-30(34)26-17-18-37(31(26)36-33)32-29(40-21-25-15-9-4-10-16-25)28(39-20-24-13-7-3-8-14-24)27(41-32)22-38-19-23-11-5-2-6-12-23/h2-18,27-29,32H,19-22H2,1H3,(H2,34,35,36)/t27-,28-,29+,32+/m1/s1. The third-order valence-corrected chi connectivity index (χ3v) is 7.84. The number of aromatic nitrogens is 3. The summed E-state index contributed by atoms with van der Waals surface area (Å²) in [5.74, 6) is 0.433. The smallest absolute Gasteiger partial charge is 0.191 e. The first-order chi connectivity index (χ1) is 20.7. The van der Waals surface area contributed by atoms with Crippen LogP contribution in [-0.2, 0) is 38.8 Å². The molecule has 8 nitrogen and oxygen atoms in total. The van der Waals surface area contributed by atoms with E-state index in [0.717, 1.165) is 22.1 Å². The van der Waals surface area contributed by atoms with Gasteiger partial charge in [0.15, 0.2) is 11.4 Å². The quantitative estimate of drug-likeness (QED) is 0.141. The van der Waals surface area contributed by atoms with Crippen molar-refractivity contribution in [1.82, 2.24) is 14.5 Å². The van der Waals surface area contributed by atoms with E-state index in [4.69, 9.17) is 29.7 Å². The zero-order chi connectivity index (χ0) is 28.7. The molecule has 2 N–H and O–H groups in total. The summed E-state index contributed by atoms with van der Waals surface area (Å²) in [6.45, 7) is 1.63. The van der Waals surface area contributed by atoms with Gasteiger partial charge in [0.05, 0.1) is 31.8 Å². The Morgan fingerprint density at radius 2 is 1.33 bits per heavy atom. The lowest BCUT2D eigenvalue weighted by Crippen LogP contribution is -2.38. The Morgan fingerprint density at radius 3 is 1.93 bits per heavy atom. The van der Waals surface area contributed by atoms with Crippen molar-refractivity contribution in [2.75, 3.05) is 18.6 Å². The van der Waals surface area contributed by atoms with Crippen LogP contribution in [0.4, 0.5) is 5.82 Å². The molecule has 0 bridgehead atoms.